The minimum Gasteiger partial charge on any atom is -0.389 e. The highest BCUT2D eigenvalue weighted by Crippen LogP contribution is 2.58. The van der Waals surface area contributed by atoms with Crippen LogP contribution in [0.5, 0.6) is 0 Å². The van der Waals surface area contributed by atoms with Gasteiger partial charge in [-0.2, -0.15) is 0 Å². The predicted octanol–water partition coefficient (Wildman–Crippen LogP) is 7.16. The first kappa shape index (κ1) is 25.6. The molecule has 0 bridgehead atoms. The summed E-state index contributed by atoms with van der Waals surface area (Å²) in [5.41, 5.74) is 3.31. The standard InChI is InChI=1S/C28H45F2NO/c1-4-7-21(18-25(32)5-2)9-10-23-8-6-15-28(3)24(11-12-26(23)28)14-17-31-16-13-22(20-31)19-27(29)30/h5,9-10,22,24-27,32H,2,4,6-8,11-20H2,1,3H3/b21-9-,23-10+/t22?,24-,25?,26?,28?/m1/s1. The number of alkyl halides is 2. The molecule has 0 aromatic rings. The van der Waals surface area contributed by atoms with E-state index in [9.17, 15) is 13.9 Å². The van der Waals surface area contributed by atoms with Crippen molar-refractivity contribution >= 4 is 0 Å². The van der Waals surface area contributed by atoms with Gasteiger partial charge in [0.1, 0.15) is 0 Å². The first-order chi connectivity index (χ1) is 15.4. The number of rotatable bonds is 11. The van der Waals surface area contributed by atoms with Crippen LogP contribution in [0.1, 0.15) is 84.5 Å². The number of aliphatic hydroxyl groups is 1. The van der Waals surface area contributed by atoms with E-state index in [0.29, 0.717) is 17.8 Å². The van der Waals surface area contributed by atoms with Crippen molar-refractivity contribution in [2.75, 3.05) is 19.6 Å². The maximum absolute atomic E-state index is 12.7. The van der Waals surface area contributed by atoms with Crippen LogP contribution in [-0.4, -0.2) is 42.2 Å². The number of hydrogen-bond donors (Lipinski definition) is 1. The summed E-state index contributed by atoms with van der Waals surface area (Å²) in [7, 11) is 0. The highest BCUT2D eigenvalue weighted by molar-refractivity contribution is 5.25. The molecule has 32 heavy (non-hydrogen) atoms. The second-order valence-corrected chi connectivity index (χ2v) is 10.9. The van der Waals surface area contributed by atoms with Gasteiger partial charge in [0.05, 0.1) is 6.10 Å². The van der Waals surface area contributed by atoms with Crippen LogP contribution >= 0.6 is 0 Å². The van der Waals surface area contributed by atoms with E-state index in [1.165, 1.54) is 44.1 Å². The minimum atomic E-state index is -2.16. The molecule has 3 aliphatic rings. The number of likely N-dealkylation sites (tertiary alicyclic amines) is 1. The molecule has 3 fully saturated rings. The Bertz CT molecular complexity index is 672. The first-order valence-corrected chi connectivity index (χ1v) is 13.0. The molecule has 4 unspecified atom stereocenters. The third kappa shape index (κ3) is 6.53. The van der Waals surface area contributed by atoms with Crippen molar-refractivity contribution in [2.45, 2.75) is 97.0 Å². The van der Waals surface area contributed by atoms with E-state index in [1.54, 1.807) is 11.6 Å². The number of halogens is 2. The molecule has 2 saturated carbocycles. The second kappa shape index (κ2) is 11.9. The zero-order chi connectivity index (χ0) is 23.1. The molecule has 0 amide bonds. The average Bonchev–Trinajstić information content (AvgIpc) is 3.33. The lowest BCUT2D eigenvalue weighted by Gasteiger charge is -2.42. The molecule has 0 aromatic heterocycles. The van der Waals surface area contributed by atoms with Crippen LogP contribution < -0.4 is 0 Å². The van der Waals surface area contributed by atoms with Crippen molar-refractivity contribution in [2.24, 2.45) is 23.2 Å². The number of nitrogens with zero attached hydrogens (tertiary/aromatic N) is 1. The van der Waals surface area contributed by atoms with Crippen LogP contribution in [0.15, 0.2) is 36.0 Å². The van der Waals surface area contributed by atoms with Crippen molar-refractivity contribution in [1.82, 2.24) is 4.90 Å². The SMILES string of the molecule is C=CC(O)C/C(=C\C=C1/CCCC2(C)C1CC[C@@H]2CCN1CCC(CC(F)F)C1)CCC. The van der Waals surface area contributed by atoms with Crippen molar-refractivity contribution < 1.29 is 13.9 Å². The monoisotopic (exact) mass is 449 g/mol. The summed E-state index contributed by atoms with van der Waals surface area (Å²) >= 11 is 0. The van der Waals surface area contributed by atoms with Gasteiger partial charge in [-0.25, -0.2) is 8.78 Å². The van der Waals surface area contributed by atoms with Crippen molar-refractivity contribution in [3.05, 3.63) is 36.0 Å². The minimum absolute atomic E-state index is 0.0746. The third-order valence-corrected chi connectivity index (χ3v) is 8.68. The Kier molecular flexibility index (Phi) is 9.55. The van der Waals surface area contributed by atoms with Crippen molar-refractivity contribution in [3.8, 4) is 0 Å². The summed E-state index contributed by atoms with van der Waals surface area (Å²) < 4.78 is 25.4. The molecule has 0 spiro atoms. The Morgan fingerprint density at radius 1 is 1.31 bits per heavy atom. The van der Waals surface area contributed by atoms with Crippen LogP contribution in [0.25, 0.3) is 0 Å². The molecular formula is C28H45F2NO. The molecule has 4 heteroatoms. The van der Waals surface area contributed by atoms with E-state index in [-0.39, 0.29) is 12.3 Å². The van der Waals surface area contributed by atoms with E-state index >= 15 is 0 Å². The summed E-state index contributed by atoms with van der Waals surface area (Å²) in [4.78, 5) is 2.44. The Labute approximate surface area is 194 Å². The van der Waals surface area contributed by atoms with Gasteiger partial charge in [0.2, 0.25) is 6.43 Å². The van der Waals surface area contributed by atoms with Crippen LogP contribution in [0, 0.1) is 23.2 Å². The third-order valence-electron chi connectivity index (χ3n) is 8.68. The van der Waals surface area contributed by atoms with E-state index in [4.69, 9.17) is 0 Å². The lowest BCUT2D eigenvalue weighted by atomic mass is 9.63. The molecule has 182 valence electrons. The summed E-state index contributed by atoms with van der Waals surface area (Å²) in [5.74, 6) is 1.61. The van der Waals surface area contributed by atoms with Gasteiger partial charge in [0.25, 0.3) is 0 Å². The molecule has 5 atom stereocenters. The van der Waals surface area contributed by atoms with Crippen LogP contribution in [0.4, 0.5) is 8.78 Å². The van der Waals surface area contributed by atoms with E-state index in [2.05, 4.69) is 37.5 Å². The van der Waals surface area contributed by atoms with Gasteiger partial charge in [-0.05, 0) is 94.0 Å². The number of hydrogen-bond acceptors (Lipinski definition) is 2. The molecule has 0 aromatic carbocycles. The van der Waals surface area contributed by atoms with Crippen LogP contribution in [-0.2, 0) is 0 Å². The van der Waals surface area contributed by atoms with Gasteiger partial charge in [-0.1, -0.05) is 49.6 Å². The van der Waals surface area contributed by atoms with Gasteiger partial charge in [0.15, 0.2) is 0 Å². The highest BCUT2D eigenvalue weighted by Gasteiger charge is 2.48. The largest absolute Gasteiger partial charge is 0.389 e. The molecule has 1 N–H and O–H groups in total. The molecule has 3 rings (SSSR count). The second-order valence-electron chi connectivity index (χ2n) is 10.9. The van der Waals surface area contributed by atoms with Crippen LogP contribution in [0.3, 0.4) is 0 Å². The normalized spacial score (nSPS) is 33.8. The fraction of sp³-hybridized carbons (Fsp3) is 0.786. The summed E-state index contributed by atoms with van der Waals surface area (Å²) in [6.45, 7) is 11.4. The van der Waals surface area contributed by atoms with Crippen molar-refractivity contribution in [1.29, 1.82) is 0 Å². The quantitative estimate of drug-likeness (QED) is 0.338. The van der Waals surface area contributed by atoms with Crippen molar-refractivity contribution in [3.63, 3.8) is 0 Å². The van der Waals surface area contributed by atoms with Gasteiger partial charge < -0.3 is 10.0 Å². The van der Waals surface area contributed by atoms with E-state index < -0.39 is 12.5 Å². The van der Waals surface area contributed by atoms with Gasteiger partial charge in [-0.3, -0.25) is 0 Å². The molecular weight excluding hydrogens is 404 g/mol. The van der Waals surface area contributed by atoms with E-state index in [0.717, 1.165) is 44.8 Å². The molecule has 0 radical (unpaired) electrons. The maximum Gasteiger partial charge on any atom is 0.238 e. The maximum atomic E-state index is 12.7. The average molecular weight is 450 g/mol. The highest BCUT2D eigenvalue weighted by atomic mass is 19.3. The molecule has 1 aliphatic heterocycles. The zero-order valence-electron chi connectivity index (χ0n) is 20.4. The fourth-order valence-electron chi connectivity index (χ4n) is 6.87. The van der Waals surface area contributed by atoms with Gasteiger partial charge in [-0.15, -0.1) is 6.58 Å². The zero-order valence-corrected chi connectivity index (χ0v) is 20.4. The number of aliphatic hydroxyl groups excluding tert-OH is 1. The molecule has 1 heterocycles. The topological polar surface area (TPSA) is 23.5 Å². The summed E-state index contributed by atoms with van der Waals surface area (Å²) in [5, 5.41) is 10.0. The smallest absolute Gasteiger partial charge is 0.238 e. The Hall–Kier alpha value is -1.00. The van der Waals surface area contributed by atoms with Gasteiger partial charge in [0, 0.05) is 13.0 Å². The lowest BCUT2D eigenvalue weighted by molar-refractivity contribution is 0.110. The number of fused-ring (bicyclic) bond motifs is 1. The molecule has 1 saturated heterocycles. The van der Waals surface area contributed by atoms with Gasteiger partial charge >= 0.3 is 0 Å². The first-order valence-electron chi connectivity index (χ1n) is 13.0. The lowest BCUT2D eigenvalue weighted by Crippen LogP contribution is -2.35. The molecule has 2 aliphatic carbocycles. The Morgan fingerprint density at radius 3 is 2.84 bits per heavy atom. The van der Waals surface area contributed by atoms with Crippen LogP contribution in [0.2, 0.25) is 0 Å². The summed E-state index contributed by atoms with van der Waals surface area (Å²) in [6.07, 6.45) is 15.1. The Morgan fingerprint density at radius 2 is 2.12 bits per heavy atom. The Balaban J connectivity index is 1.60. The van der Waals surface area contributed by atoms with E-state index in [1.807, 2.05) is 0 Å². The summed E-state index contributed by atoms with van der Waals surface area (Å²) in [6, 6.07) is 0. The molecule has 2 nitrogen and oxygen atoms in total. The fourth-order valence-corrected chi connectivity index (χ4v) is 6.87. The predicted molar refractivity (Wildman–Crippen MR) is 130 cm³/mol. The number of allylic oxidation sites excluding steroid dienone is 3.